The Labute approximate surface area is 150 Å². The van der Waals surface area contributed by atoms with Gasteiger partial charge in [-0.3, -0.25) is 4.79 Å². The van der Waals surface area contributed by atoms with Crippen molar-refractivity contribution in [2.75, 3.05) is 26.4 Å². The zero-order valence-electron chi connectivity index (χ0n) is 14.8. The molecule has 0 unspecified atom stereocenters. The molecule has 0 aliphatic carbocycles. The molecule has 0 spiro atoms. The molecule has 0 atom stereocenters. The first-order valence-electron chi connectivity index (χ1n) is 8.20. The minimum atomic E-state index is -0.804. The highest BCUT2D eigenvalue weighted by Crippen LogP contribution is 2.30. The van der Waals surface area contributed by atoms with E-state index in [1.54, 1.807) is 0 Å². The third kappa shape index (κ3) is 5.36. The number of carbonyl (C=O) groups is 1. The zero-order chi connectivity index (χ0) is 16.9. The smallest absolute Gasteiger partial charge is 0.240 e. The van der Waals surface area contributed by atoms with E-state index in [0.717, 1.165) is 11.3 Å². The lowest BCUT2D eigenvalue weighted by atomic mass is 9.86. The highest BCUT2D eigenvalue weighted by atomic mass is 35.5. The molecule has 0 saturated carbocycles. The Kier molecular flexibility index (Phi) is 7.52. The topological polar surface area (TPSA) is 73.6 Å². The Morgan fingerprint density at radius 2 is 1.92 bits per heavy atom. The highest BCUT2D eigenvalue weighted by Gasteiger charge is 2.35. The van der Waals surface area contributed by atoms with Crippen molar-refractivity contribution in [1.29, 1.82) is 0 Å². The molecule has 1 amide bonds. The Morgan fingerprint density at radius 3 is 2.54 bits per heavy atom. The van der Waals surface area contributed by atoms with Crippen molar-refractivity contribution in [3.63, 3.8) is 0 Å². The molecule has 1 fully saturated rings. The number of benzene rings is 1. The molecule has 1 aliphatic rings. The summed E-state index contributed by atoms with van der Waals surface area (Å²) in [6, 6.07) is 8.01. The van der Waals surface area contributed by atoms with Crippen LogP contribution in [0.25, 0.3) is 0 Å². The average molecular weight is 357 g/mol. The van der Waals surface area contributed by atoms with E-state index in [4.69, 9.17) is 15.2 Å². The Bertz CT molecular complexity index is 537. The van der Waals surface area contributed by atoms with Crippen LogP contribution in [0.15, 0.2) is 24.3 Å². The van der Waals surface area contributed by atoms with E-state index in [1.165, 1.54) is 0 Å². The highest BCUT2D eigenvalue weighted by molar-refractivity contribution is 5.86. The van der Waals surface area contributed by atoms with Gasteiger partial charge in [0.2, 0.25) is 5.91 Å². The van der Waals surface area contributed by atoms with Gasteiger partial charge in [0.1, 0.15) is 12.4 Å². The number of halogens is 1. The van der Waals surface area contributed by atoms with Crippen LogP contribution in [0.1, 0.15) is 39.2 Å². The van der Waals surface area contributed by atoms with Crippen molar-refractivity contribution in [3.8, 4) is 5.75 Å². The average Bonchev–Trinajstić information content (AvgIpc) is 2.51. The first-order chi connectivity index (χ1) is 10.8. The SMILES string of the molecule is CC(C)(C)c1ccccc1OCCNC(=O)C1(N)CCOCC1.Cl. The summed E-state index contributed by atoms with van der Waals surface area (Å²) < 4.78 is 11.1. The summed E-state index contributed by atoms with van der Waals surface area (Å²) in [4.78, 5) is 12.2. The monoisotopic (exact) mass is 356 g/mol. The van der Waals surface area contributed by atoms with Gasteiger partial charge in [0, 0.05) is 13.2 Å². The van der Waals surface area contributed by atoms with Crippen LogP contribution in [0, 0.1) is 0 Å². The van der Waals surface area contributed by atoms with E-state index < -0.39 is 5.54 Å². The molecule has 2 rings (SSSR count). The molecule has 5 nitrogen and oxygen atoms in total. The zero-order valence-corrected chi connectivity index (χ0v) is 15.6. The molecular formula is C18H29ClN2O3. The van der Waals surface area contributed by atoms with E-state index in [0.29, 0.717) is 39.2 Å². The number of amides is 1. The van der Waals surface area contributed by atoms with Gasteiger partial charge in [0.15, 0.2) is 0 Å². The lowest BCUT2D eigenvalue weighted by Crippen LogP contribution is -2.57. The molecule has 6 heteroatoms. The van der Waals surface area contributed by atoms with Gasteiger partial charge in [-0.2, -0.15) is 0 Å². The minimum absolute atomic E-state index is 0. The summed E-state index contributed by atoms with van der Waals surface area (Å²) >= 11 is 0. The summed E-state index contributed by atoms with van der Waals surface area (Å²) in [5.74, 6) is 0.747. The molecule has 0 aromatic heterocycles. The van der Waals surface area contributed by atoms with Crippen LogP contribution in [0.5, 0.6) is 5.75 Å². The molecule has 0 bridgehead atoms. The van der Waals surface area contributed by atoms with Crippen LogP contribution in [0.4, 0.5) is 0 Å². The van der Waals surface area contributed by atoms with Crippen LogP contribution >= 0.6 is 12.4 Å². The van der Waals surface area contributed by atoms with Gasteiger partial charge in [-0.25, -0.2) is 0 Å². The van der Waals surface area contributed by atoms with Crippen molar-refractivity contribution in [3.05, 3.63) is 29.8 Å². The lowest BCUT2D eigenvalue weighted by molar-refractivity contribution is -0.129. The number of rotatable bonds is 5. The molecule has 0 radical (unpaired) electrons. The Balaban J connectivity index is 0.00000288. The second-order valence-electron chi connectivity index (χ2n) is 7.12. The van der Waals surface area contributed by atoms with Gasteiger partial charge in [-0.1, -0.05) is 39.0 Å². The Hall–Kier alpha value is -1.30. The third-order valence-corrected chi connectivity index (χ3v) is 4.18. The maximum Gasteiger partial charge on any atom is 0.240 e. The normalized spacial score (nSPS) is 16.8. The Morgan fingerprint density at radius 1 is 1.29 bits per heavy atom. The fourth-order valence-electron chi connectivity index (χ4n) is 2.68. The van der Waals surface area contributed by atoms with E-state index in [-0.39, 0.29) is 23.7 Å². The predicted octanol–water partition coefficient (Wildman–Crippen LogP) is 2.41. The summed E-state index contributed by atoms with van der Waals surface area (Å²) in [6.45, 7) is 8.40. The molecule has 24 heavy (non-hydrogen) atoms. The maximum atomic E-state index is 12.2. The predicted molar refractivity (Wildman–Crippen MR) is 97.9 cm³/mol. The largest absolute Gasteiger partial charge is 0.491 e. The number of hydrogen-bond donors (Lipinski definition) is 2. The number of carbonyl (C=O) groups excluding carboxylic acids is 1. The molecule has 1 aliphatic heterocycles. The molecule has 1 heterocycles. The van der Waals surface area contributed by atoms with Gasteiger partial charge in [0.05, 0.1) is 12.1 Å². The molecular weight excluding hydrogens is 328 g/mol. The van der Waals surface area contributed by atoms with Crippen molar-refractivity contribution in [2.24, 2.45) is 5.73 Å². The minimum Gasteiger partial charge on any atom is -0.491 e. The van der Waals surface area contributed by atoms with Crippen LogP contribution in [-0.2, 0) is 14.9 Å². The van der Waals surface area contributed by atoms with Gasteiger partial charge in [0.25, 0.3) is 0 Å². The number of hydrogen-bond acceptors (Lipinski definition) is 4. The first kappa shape index (κ1) is 20.7. The van der Waals surface area contributed by atoms with Crippen molar-refractivity contribution in [1.82, 2.24) is 5.32 Å². The first-order valence-corrected chi connectivity index (χ1v) is 8.20. The third-order valence-electron chi connectivity index (χ3n) is 4.18. The summed E-state index contributed by atoms with van der Waals surface area (Å²) in [6.07, 6.45) is 1.12. The molecule has 1 saturated heterocycles. The summed E-state index contributed by atoms with van der Waals surface area (Å²) in [7, 11) is 0. The van der Waals surface area contributed by atoms with Crippen molar-refractivity contribution < 1.29 is 14.3 Å². The fraction of sp³-hybridized carbons (Fsp3) is 0.611. The van der Waals surface area contributed by atoms with Crippen LogP contribution in [-0.4, -0.2) is 37.8 Å². The van der Waals surface area contributed by atoms with E-state index in [9.17, 15) is 4.79 Å². The van der Waals surface area contributed by atoms with Crippen LogP contribution < -0.4 is 15.8 Å². The number of ether oxygens (including phenoxy) is 2. The van der Waals surface area contributed by atoms with Crippen molar-refractivity contribution >= 4 is 18.3 Å². The van der Waals surface area contributed by atoms with Crippen LogP contribution in [0.2, 0.25) is 0 Å². The maximum absolute atomic E-state index is 12.2. The van der Waals surface area contributed by atoms with Gasteiger partial charge in [-0.15, -0.1) is 12.4 Å². The lowest BCUT2D eigenvalue weighted by Gasteiger charge is -2.31. The summed E-state index contributed by atoms with van der Waals surface area (Å²) in [5, 5.41) is 2.88. The molecule has 3 N–H and O–H groups in total. The molecule has 136 valence electrons. The van der Waals surface area contributed by atoms with E-state index in [1.807, 2.05) is 18.2 Å². The number of para-hydroxylation sites is 1. The van der Waals surface area contributed by atoms with Crippen molar-refractivity contribution in [2.45, 2.75) is 44.6 Å². The standard InChI is InChI=1S/C18H28N2O3.ClH/c1-17(2,3)14-6-4-5-7-15(14)23-13-10-20-16(21)18(19)8-11-22-12-9-18;/h4-7H,8-13,19H2,1-3H3,(H,20,21);1H. The fourth-order valence-corrected chi connectivity index (χ4v) is 2.68. The van der Waals surface area contributed by atoms with E-state index in [2.05, 4.69) is 32.2 Å². The molecule has 1 aromatic rings. The summed E-state index contributed by atoms with van der Waals surface area (Å²) in [5.41, 5.74) is 6.52. The van der Waals surface area contributed by atoms with E-state index >= 15 is 0 Å². The van der Waals surface area contributed by atoms with Gasteiger partial charge in [-0.05, 0) is 29.9 Å². The second-order valence-corrected chi connectivity index (χ2v) is 7.12. The quantitative estimate of drug-likeness (QED) is 0.794. The van der Waals surface area contributed by atoms with Gasteiger partial charge >= 0.3 is 0 Å². The molecule has 1 aromatic carbocycles. The number of nitrogens with two attached hydrogens (primary N) is 1. The van der Waals surface area contributed by atoms with Crippen LogP contribution in [0.3, 0.4) is 0 Å². The van der Waals surface area contributed by atoms with Gasteiger partial charge < -0.3 is 20.5 Å². The number of nitrogens with one attached hydrogen (secondary N) is 1. The second kappa shape index (κ2) is 8.70.